The van der Waals surface area contributed by atoms with Gasteiger partial charge in [-0.2, -0.15) is 0 Å². The summed E-state index contributed by atoms with van der Waals surface area (Å²) in [7, 11) is 0. The van der Waals surface area contributed by atoms with Crippen molar-refractivity contribution in [2.45, 2.75) is 205 Å². The van der Waals surface area contributed by atoms with E-state index in [1.165, 1.54) is 0 Å². The maximum Gasteiger partial charge on any atom is 0.302 e. The lowest BCUT2D eigenvalue weighted by Crippen LogP contribution is -2.69. The summed E-state index contributed by atoms with van der Waals surface area (Å²) >= 11 is 0. The molecule has 22 heterocycles. The lowest BCUT2D eigenvalue weighted by atomic mass is 9.94. The summed E-state index contributed by atoms with van der Waals surface area (Å²) in [5, 5.41) is 168. The molecular formula is C42H66O33. The summed E-state index contributed by atoms with van der Waals surface area (Å²) in [5.41, 5.74) is 0. The number of aliphatic hydroxyl groups excluding tert-OH is 15. The Bertz CT molecular complexity index is 1850. The van der Waals surface area contributed by atoms with Crippen LogP contribution < -0.4 is 0 Å². The minimum Gasteiger partial charge on any atom is -0.463 e. The van der Waals surface area contributed by atoms with Crippen LogP contribution in [0.15, 0.2) is 0 Å². The fourth-order valence-corrected chi connectivity index (χ4v) is 9.49. The maximum absolute atomic E-state index is 12.1. The van der Waals surface area contributed by atoms with E-state index in [0.29, 0.717) is 0 Å². The highest BCUT2D eigenvalue weighted by Gasteiger charge is 2.59. The first-order valence-corrected chi connectivity index (χ1v) is 23.7. The summed E-state index contributed by atoms with van der Waals surface area (Å²) in [6.07, 6.45) is -60.4. The summed E-state index contributed by atoms with van der Waals surface area (Å²) in [6.45, 7) is -2.53. The highest BCUT2D eigenvalue weighted by Crippen LogP contribution is 2.38. The van der Waals surface area contributed by atoms with Crippen LogP contribution in [0, 0.1) is 0 Å². The van der Waals surface area contributed by atoms with Crippen molar-refractivity contribution in [2.75, 3.05) is 39.6 Å². The van der Waals surface area contributed by atoms with Gasteiger partial charge in [-0.3, -0.25) is 14.4 Å². The molecule has 22 aliphatic heterocycles. The van der Waals surface area contributed by atoms with E-state index in [9.17, 15) is 91.0 Å². The summed E-state index contributed by atoms with van der Waals surface area (Å²) in [5.74, 6) is -2.71. The monoisotopic (exact) mass is 1100 g/mol. The first-order valence-electron chi connectivity index (χ1n) is 23.7. The van der Waals surface area contributed by atoms with Crippen molar-refractivity contribution >= 4 is 17.9 Å². The molecule has 0 aliphatic carbocycles. The van der Waals surface area contributed by atoms with Crippen LogP contribution in [-0.4, -0.2) is 318 Å². The number of carbonyl (C=O) groups excluding carboxylic acids is 3. The molecule has 0 saturated carbocycles. The molecule has 75 heavy (non-hydrogen) atoms. The highest BCUT2D eigenvalue weighted by molar-refractivity contribution is 5.66. The Balaban J connectivity index is 1.24. The Morgan fingerprint density at radius 2 is 0.440 bits per heavy atom. The second-order valence-electron chi connectivity index (χ2n) is 18.7. The Morgan fingerprint density at radius 1 is 0.280 bits per heavy atom. The Hall–Kier alpha value is -2.67. The largest absolute Gasteiger partial charge is 0.463 e. The van der Waals surface area contributed by atoms with Crippen LogP contribution in [0.1, 0.15) is 20.8 Å². The summed E-state index contributed by atoms with van der Waals surface area (Å²) in [4.78, 5) is 36.1. The number of aliphatic hydroxyl groups is 15. The Morgan fingerprint density at radius 3 is 0.600 bits per heavy atom. The van der Waals surface area contributed by atoms with Gasteiger partial charge in [-0.25, -0.2) is 0 Å². The SMILES string of the molecule is CC(=O)OC[C@H]1OC2O[C@H]3[C@H](O)[C@@H](O)C(O[C@H]4[C@H](O)[C@@H](O)C(O[C@H]5[C@H](O)[C@@H](O)C(O[C@H]6[C@H](O)[C@@H](O)C(O[C@H]7[C@H](O)[C@@H](O)C(O[C@H]1[C@H](O)[C@H]2O)O[C@@H]7CO)O[C@@H]6CO)O[C@@H]5CO)O[C@@H]4COC(C)=O)O[C@@H]3COC(C)=O. The third-order valence-electron chi connectivity index (χ3n) is 13.5. The van der Waals surface area contributed by atoms with Gasteiger partial charge in [0.25, 0.3) is 0 Å². The minimum absolute atomic E-state index is 0.799. The van der Waals surface area contributed by atoms with Crippen LogP contribution in [0.2, 0.25) is 0 Å². The molecule has 0 amide bonds. The van der Waals surface area contributed by atoms with Crippen molar-refractivity contribution in [1.29, 1.82) is 0 Å². The number of ether oxygens (including phenoxy) is 15. The van der Waals surface area contributed by atoms with Gasteiger partial charge >= 0.3 is 17.9 Å². The molecule has 22 fully saturated rings. The van der Waals surface area contributed by atoms with E-state index in [-0.39, 0.29) is 0 Å². The number of esters is 3. The zero-order chi connectivity index (χ0) is 54.9. The average molecular weight is 1100 g/mol. The van der Waals surface area contributed by atoms with E-state index in [1.807, 2.05) is 0 Å². The zero-order valence-corrected chi connectivity index (χ0v) is 40.1. The topological polar surface area (TPSA) is 493 Å². The molecule has 0 aromatic rings. The molecule has 15 N–H and O–H groups in total. The van der Waals surface area contributed by atoms with Crippen LogP contribution >= 0.6 is 0 Å². The number of carbonyl (C=O) groups is 3. The van der Waals surface area contributed by atoms with E-state index < -0.39 is 242 Å². The Labute approximate surface area is 424 Å². The third kappa shape index (κ3) is 13.0. The maximum atomic E-state index is 12.1. The van der Waals surface area contributed by atoms with Crippen LogP contribution in [0.5, 0.6) is 0 Å². The van der Waals surface area contributed by atoms with Gasteiger partial charge in [0.05, 0.1) is 19.8 Å². The summed E-state index contributed by atoms with van der Waals surface area (Å²) in [6, 6.07) is 0. The van der Waals surface area contributed by atoms with E-state index in [1.54, 1.807) is 0 Å². The molecule has 33 nitrogen and oxygen atoms in total. The van der Waals surface area contributed by atoms with Crippen LogP contribution in [0.3, 0.4) is 0 Å². The second-order valence-corrected chi connectivity index (χ2v) is 18.7. The molecule has 6 unspecified atom stereocenters. The number of hydrogen-bond acceptors (Lipinski definition) is 33. The van der Waals surface area contributed by atoms with E-state index in [4.69, 9.17) is 71.1 Å². The number of rotatable bonds is 9. The Kier molecular flexibility index (Phi) is 20.5. The molecule has 0 radical (unpaired) electrons. The van der Waals surface area contributed by atoms with Crippen molar-refractivity contribution in [3.8, 4) is 0 Å². The summed E-state index contributed by atoms with van der Waals surface area (Å²) < 4.78 is 84.8. The molecule has 0 aromatic heterocycles. The first kappa shape index (κ1) is 60.0. The molecule has 12 bridgehead atoms. The lowest BCUT2D eigenvalue weighted by molar-refractivity contribution is -0.404. The van der Waals surface area contributed by atoms with Gasteiger partial charge in [-0.15, -0.1) is 0 Å². The molecule has 22 aliphatic rings. The van der Waals surface area contributed by atoms with Crippen molar-refractivity contribution in [2.24, 2.45) is 0 Å². The van der Waals surface area contributed by atoms with E-state index in [2.05, 4.69) is 0 Å². The van der Waals surface area contributed by atoms with Crippen LogP contribution in [0.25, 0.3) is 0 Å². The molecule has 22 rings (SSSR count). The van der Waals surface area contributed by atoms with Gasteiger partial charge in [-0.05, 0) is 0 Å². The molecular weight excluding hydrogens is 1030 g/mol. The van der Waals surface area contributed by atoms with Crippen molar-refractivity contribution < 1.29 is 162 Å². The van der Waals surface area contributed by atoms with Gasteiger partial charge in [0.15, 0.2) is 37.7 Å². The van der Waals surface area contributed by atoms with Crippen molar-refractivity contribution in [3.63, 3.8) is 0 Å². The first-order chi connectivity index (χ1) is 35.5. The third-order valence-corrected chi connectivity index (χ3v) is 13.5. The smallest absolute Gasteiger partial charge is 0.302 e. The molecule has 30 atom stereocenters. The van der Waals surface area contributed by atoms with Crippen LogP contribution in [0.4, 0.5) is 0 Å². The van der Waals surface area contributed by atoms with Crippen LogP contribution in [-0.2, 0) is 85.4 Å². The standard InChI is InChI=1S/C42H66O33/c1-10(46)61-7-16-34-23(53)29(59)41(68-16)75-36-18(9-63-12(3)48)69-42(30(60)24(36)54)74-35-17(8-62-11(2)47)67-40(28(58)22(35)52)72-33-15(6-45)65-38(26(56)20(33)50)70-31-13(4-43)64-37(25(55)19(31)49)71-32-14(5-44)66-39(73-34)27(57)21(32)51/h13-45,49-60H,4-9H2,1-3H3/t13-,14-,15-,16-,17-,18-,19-,20-,21-,22-,23-,24-,25-,26-,27-,28-,29-,30-,31-,32-,33-,34-,35-,36-,37?,38?,39?,40?,41?,42?/m1/s1. The zero-order valence-electron chi connectivity index (χ0n) is 40.1. The highest BCUT2D eigenvalue weighted by atomic mass is 16.8. The van der Waals surface area contributed by atoms with Gasteiger partial charge in [0, 0.05) is 20.8 Å². The molecule has 0 spiro atoms. The van der Waals surface area contributed by atoms with Crippen molar-refractivity contribution in [1.82, 2.24) is 0 Å². The van der Waals surface area contributed by atoms with Gasteiger partial charge in [-0.1, -0.05) is 0 Å². The predicted octanol–water partition coefficient (Wildman–Crippen LogP) is -11.3. The fourth-order valence-electron chi connectivity index (χ4n) is 9.49. The van der Waals surface area contributed by atoms with Gasteiger partial charge < -0.3 is 148 Å². The molecule has 432 valence electrons. The molecule has 33 heteroatoms. The quantitative estimate of drug-likeness (QED) is 0.0753. The fraction of sp³-hybridized carbons (Fsp3) is 0.929. The molecule has 0 aromatic carbocycles. The van der Waals surface area contributed by atoms with Gasteiger partial charge in [0.1, 0.15) is 166 Å². The average Bonchev–Trinajstić information content (AvgIpc) is 3.37. The minimum atomic E-state index is -2.24. The van der Waals surface area contributed by atoms with E-state index >= 15 is 0 Å². The normalized spacial score (nSPS) is 49.8. The molecule has 22 saturated heterocycles. The van der Waals surface area contributed by atoms with E-state index in [0.717, 1.165) is 20.8 Å². The number of hydrogen-bond donors (Lipinski definition) is 15. The predicted molar refractivity (Wildman–Crippen MR) is 224 cm³/mol. The lowest BCUT2D eigenvalue weighted by Gasteiger charge is -2.50. The van der Waals surface area contributed by atoms with Gasteiger partial charge in [0.2, 0.25) is 0 Å². The van der Waals surface area contributed by atoms with Crippen molar-refractivity contribution in [3.05, 3.63) is 0 Å². The second kappa shape index (κ2) is 25.6.